The highest BCUT2D eigenvalue weighted by molar-refractivity contribution is 5.84. The third-order valence-electron chi connectivity index (χ3n) is 4.44. The molecule has 0 fully saturated rings. The Balaban J connectivity index is 2.39. The summed E-state index contributed by atoms with van der Waals surface area (Å²) >= 11 is 0. The van der Waals surface area contributed by atoms with E-state index in [1.165, 1.54) is 10.2 Å². The summed E-state index contributed by atoms with van der Waals surface area (Å²) in [5.41, 5.74) is 2.13. The summed E-state index contributed by atoms with van der Waals surface area (Å²) in [7, 11) is 0. The van der Waals surface area contributed by atoms with Crippen molar-refractivity contribution in [1.29, 1.82) is 0 Å². The maximum atomic E-state index is 13.0. The van der Waals surface area contributed by atoms with Crippen molar-refractivity contribution in [2.24, 2.45) is 5.92 Å². The van der Waals surface area contributed by atoms with E-state index < -0.39 is 0 Å². The van der Waals surface area contributed by atoms with Crippen LogP contribution in [0.1, 0.15) is 63.7 Å². The summed E-state index contributed by atoms with van der Waals surface area (Å²) in [6.45, 7) is 8.66. The number of aryl methyl sites for hydroxylation is 1. The summed E-state index contributed by atoms with van der Waals surface area (Å²) in [5.74, 6) is 0.528. The van der Waals surface area contributed by atoms with Gasteiger partial charge in [0.25, 0.3) is 5.91 Å². The molecule has 0 aliphatic heterocycles. The monoisotopic (exact) mass is 343 g/mol. The van der Waals surface area contributed by atoms with Gasteiger partial charge >= 0.3 is 6.01 Å². The minimum absolute atomic E-state index is 0.00368. The molecule has 1 unspecified atom stereocenters. The highest BCUT2D eigenvalue weighted by Gasteiger charge is 2.24. The Bertz CT molecular complexity index is 677. The first kappa shape index (κ1) is 19.2. The molecule has 25 heavy (non-hydrogen) atoms. The molecule has 1 heterocycles. The van der Waals surface area contributed by atoms with Crippen LogP contribution in [0.4, 0.5) is 0 Å². The third-order valence-corrected chi connectivity index (χ3v) is 4.44. The van der Waals surface area contributed by atoms with Crippen molar-refractivity contribution >= 4 is 5.91 Å². The number of unbranched alkanes of at least 4 members (excludes halogenated alkanes) is 1. The zero-order chi connectivity index (χ0) is 18.2. The lowest BCUT2D eigenvalue weighted by atomic mass is 9.98. The van der Waals surface area contributed by atoms with E-state index in [9.17, 15) is 4.79 Å². The van der Waals surface area contributed by atoms with Gasteiger partial charge in [0.05, 0.1) is 6.61 Å². The van der Waals surface area contributed by atoms with Gasteiger partial charge in [0.2, 0.25) is 0 Å². The second-order valence-electron chi connectivity index (χ2n) is 6.20. The van der Waals surface area contributed by atoms with Gasteiger partial charge in [0.1, 0.15) is 0 Å². The number of rotatable bonds is 9. The van der Waals surface area contributed by atoms with Crippen LogP contribution < -0.4 is 4.74 Å². The van der Waals surface area contributed by atoms with Crippen LogP contribution in [0.15, 0.2) is 24.3 Å². The predicted molar refractivity (Wildman–Crippen MR) is 99.9 cm³/mol. The molecule has 136 valence electrons. The molecule has 5 heteroatoms. The summed E-state index contributed by atoms with van der Waals surface area (Å²) in [6, 6.07) is 8.38. The molecule has 0 radical (unpaired) electrons. The molecule has 1 aromatic heterocycles. The Morgan fingerprint density at radius 3 is 2.44 bits per heavy atom. The lowest BCUT2D eigenvalue weighted by Gasteiger charge is -2.14. The zero-order valence-electron chi connectivity index (χ0n) is 15.8. The van der Waals surface area contributed by atoms with E-state index in [0.717, 1.165) is 37.7 Å². The van der Waals surface area contributed by atoms with Crippen LogP contribution >= 0.6 is 0 Å². The SMILES string of the molecule is CCCCC(CC)C(=O)n1nc(OCC)nc1-c1ccc(CC)cc1. The summed E-state index contributed by atoms with van der Waals surface area (Å²) in [4.78, 5) is 17.5. The first-order valence-corrected chi connectivity index (χ1v) is 9.37. The minimum atomic E-state index is -0.0372. The first-order valence-electron chi connectivity index (χ1n) is 9.37. The van der Waals surface area contributed by atoms with Gasteiger partial charge in [-0.25, -0.2) is 0 Å². The van der Waals surface area contributed by atoms with E-state index in [1.54, 1.807) is 0 Å². The largest absolute Gasteiger partial charge is 0.463 e. The molecule has 0 bridgehead atoms. The Morgan fingerprint density at radius 1 is 1.16 bits per heavy atom. The molecule has 1 aromatic carbocycles. The zero-order valence-corrected chi connectivity index (χ0v) is 15.8. The maximum absolute atomic E-state index is 13.0. The molecule has 5 nitrogen and oxygen atoms in total. The molecule has 2 aromatic rings. The Labute approximate surface area is 150 Å². The van der Waals surface area contributed by atoms with Crippen LogP contribution in [0.3, 0.4) is 0 Å². The minimum Gasteiger partial charge on any atom is -0.463 e. The van der Waals surface area contributed by atoms with Crippen molar-refractivity contribution in [3.63, 3.8) is 0 Å². The van der Waals surface area contributed by atoms with E-state index in [4.69, 9.17) is 4.74 Å². The molecule has 0 amide bonds. The quantitative estimate of drug-likeness (QED) is 0.658. The number of ether oxygens (including phenoxy) is 1. The Hall–Kier alpha value is -2.17. The van der Waals surface area contributed by atoms with E-state index in [-0.39, 0.29) is 17.8 Å². The highest BCUT2D eigenvalue weighted by atomic mass is 16.5. The standard InChI is InChI=1S/C20H29N3O2/c1-5-9-10-16(7-3)19(24)23-18(21-20(22-23)25-8-4)17-13-11-15(6-2)12-14-17/h11-14,16H,5-10H2,1-4H3. The van der Waals surface area contributed by atoms with Crippen LogP contribution in [0.5, 0.6) is 6.01 Å². The summed E-state index contributed by atoms with van der Waals surface area (Å²) in [6.07, 6.45) is 4.78. The molecule has 0 aliphatic carbocycles. The smallest absolute Gasteiger partial charge is 0.336 e. The van der Waals surface area contributed by atoms with Crippen LogP contribution in [-0.4, -0.2) is 27.3 Å². The van der Waals surface area contributed by atoms with Crippen molar-refractivity contribution in [3.8, 4) is 17.4 Å². The molecule has 2 rings (SSSR count). The van der Waals surface area contributed by atoms with Gasteiger partial charge in [-0.3, -0.25) is 4.79 Å². The normalized spacial score (nSPS) is 12.2. The van der Waals surface area contributed by atoms with E-state index in [0.29, 0.717) is 12.4 Å². The van der Waals surface area contributed by atoms with Gasteiger partial charge in [0, 0.05) is 11.5 Å². The molecule has 0 saturated heterocycles. The lowest BCUT2D eigenvalue weighted by Crippen LogP contribution is -2.23. The second-order valence-corrected chi connectivity index (χ2v) is 6.20. The number of hydrogen-bond donors (Lipinski definition) is 0. The van der Waals surface area contributed by atoms with Gasteiger partial charge < -0.3 is 4.74 Å². The molecular formula is C20H29N3O2. The van der Waals surface area contributed by atoms with Gasteiger partial charge in [-0.15, -0.1) is 5.10 Å². The van der Waals surface area contributed by atoms with Crippen LogP contribution in [-0.2, 0) is 6.42 Å². The van der Waals surface area contributed by atoms with Gasteiger partial charge in [0.15, 0.2) is 5.82 Å². The summed E-state index contributed by atoms with van der Waals surface area (Å²) < 4.78 is 6.88. The van der Waals surface area contributed by atoms with Crippen LogP contribution in [0, 0.1) is 5.92 Å². The fourth-order valence-electron chi connectivity index (χ4n) is 2.84. The number of nitrogens with zero attached hydrogens (tertiary/aromatic N) is 3. The van der Waals surface area contributed by atoms with E-state index >= 15 is 0 Å². The van der Waals surface area contributed by atoms with Crippen LogP contribution in [0.2, 0.25) is 0 Å². The average Bonchev–Trinajstić information content (AvgIpc) is 3.06. The van der Waals surface area contributed by atoms with Crippen LogP contribution in [0.25, 0.3) is 11.4 Å². The number of carbonyl (C=O) groups excluding carboxylic acids is 1. The van der Waals surface area contributed by atoms with Crippen molar-refractivity contribution in [2.45, 2.75) is 59.8 Å². The second kappa shape index (κ2) is 9.35. The lowest BCUT2D eigenvalue weighted by molar-refractivity contribution is 0.0804. The van der Waals surface area contributed by atoms with Crippen molar-refractivity contribution in [3.05, 3.63) is 29.8 Å². The van der Waals surface area contributed by atoms with Gasteiger partial charge in [-0.2, -0.15) is 9.67 Å². The van der Waals surface area contributed by atoms with E-state index in [2.05, 4.69) is 36.1 Å². The van der Waals surface area contributed by atoms with Crippen molar-refractivity contribution < 1.29 is 9.53 Å². The maximum Gasteiger partial charge on any atom is 0.336 e. The molecular weight excluding hydrogens is 314 g/mol. The highest BCUT2D eigenvalue weighted by Crippen LogP contribution is 2.24. The summed E-state index contributed by atoms with van der Waals surface area (Å²) in [5, 5.41) is 4.33. The fourth-order valence-corrected chi connectivity index (χ4v) is 2.84. The molecule has 0 aliphatic rings. The van der Waals surface area contributed by atoms with Crippen molar-refractivity contribution in [1.82, 2.24) is 14.8 Å². The fraction of sp³-hybridized carbons (Fsp3) is 0.550. The number of hydrogen-bond acceptors (Lipinski definition) is 4. The van der Waals surface area contributed by atoms with Gasteiger partial charge in [-0.05, 0) is 31.7 Å². The number of aromatic nitrogens is 3. The molecule has 0 N–H and O–H groups in total. The molecule has 1 atom stereocenters. The Morgan fingerprint density at radius 2 is 1.88 bits per heavy atom. The topological polar surface area (TPSA) is 57.0 Å². The van der Waals surface area contributed by atoms with Crippen molar-refractivity contribution in [2.75, 3.05) is 6.61 Å². The predicted octanol–water partition coefficient (Wildman–Crippen LogP) is 4.76. The number of carbonyl (C=O) groups is 1. The average molecular weight is 343 g/mol. The molecule has 0 saturated carbocycles. The van der Waals surface area contributed by atoms with E-state index in [1.807, 2.05) is 26.0 Å². The first-order chi connectivity index (χ1) is 12.1. The van der Waals surface area contributed by atoms with Gasteiger partial charge in [-0.1, -0.05) is 57.9 Å². The number of benzene rings is 1. The third kappa shape index (κ3) is 4.68. The molecule has 0 spiro atoms. The Kier molecular flexibility index (Phi) is 7.16.